The van der Waals surface area contributed by atoms with Crippen molar-refractivity contribution in [3.05, 3.63) is 34.4 Å². The smallest absolute Gasteiger partial charge is 0.126 e. The highest BCUT2D eigenvalue weighted by Crippen LogP contribution is 2.32. The minimum Gasteiger partial charge on any atom is -0.384 e. The van der Waals surface area contributed by atoms with Gasteiger partial charge >= 0.3 is 0 Å². The van der Waals surface area contributed by atoms with E-state index in [4.69, 9.17) is 28.9 Å². The fraction of sp³-hybridized carbons (Fsp3) is 0. The average Bonchev–Trinajstić information content (AvgIpc) is 2.52. The predicted octanol–water partition coefficient (Wildman–Crippen LogP) is 2.97. The van der Waals surface area contributed by atoms with Crippen molar-refractivity contribution in [2.75, 3.05) is 5.73 Å². The van der Waals surface area contributed by atoms with Crippen LogP contribution < -0.4 is 5.73 Å². The van der Waals surface area contributed by atoms with Crippen molar-refractivity contribution in [3.63, 3.8) is 0 Å². The maximum absolute atomic E-state index is 6.01. The molecule has 0 radical (unpaired) electrons. The number of nitrogens with one attached hydrogen (secondary N) is 1. The first kappa shape index (κ1) is 9.37. The van der Waals surface area contributed by atoms with Crippen LogP contribution in [0.25, 0.3) is 11.1 Å². The van der Waals surface area contributed by atoms with Crippen LogP contribution in [0.2, 0.25) is 10.0 Å². The summed E-state index contributed by atoms with van der Waals surface area (Å²) in [5.41, 5.74) is 7.28. The number of halogens is 2. The van der Waals surface area contributed by atoms with Gasteiger partial charge in [0, 0.05) is 16.1 Å². The molecule has 0 fully saturated rings. The fourth-order valence-corrected chi connectivity index (χ4v) is 1.73. The Morgan fingerprint density at radius 2 is 2.00 bits per heavy atom. The number of nitrogens with zero attached hydrogens (tertiary/aromatic N) is 1. The summed E-state index contributed by atoms with van der Waals surface area (Å²) in [6, 6.07) is 5.24. The molecule has 5 heteroatoms. The molecule has 2 rings (SSSR count). The second kappa shape index (κ2) is 3.52. The van der Waals surface area contributed by atoms with E-state index in [1.165, 1.54) is 0 Å². The zero-order valence-electron chi connectivity index (χ0n) is 7.09. The summed E-state index contributed by atoms with van der Waals surface area (Å²) in [7, 11) is 0. The van der Waals surface area contributed by atoms with Gasteiger partial charge in [0.05, 0.1) is 11.2 Å². The quantitative estimate of drug-likeness (QED) is 0.788. The van der Waals surface area contributed by atoms with Crippen LogP contribution in [0.1, 0.15) is 0 Å². The van der Waals surface area contributed by atoms with E-state index in [0.717, 1.165) is 11.1 Å². The summed E-state index contributed by atoms with van der Waals surface area (Å²) in [5.74, 6) is 0.495. The first-order chi connectivity index (χ1) is 6.68. The summed E-state index contributed by atoms with van der Waals surface area (Å²) < 4.78 is 0. The SMILES string of the molecule is Nc1[nH]ncc1-c1ccc(Cl)cc1Cl. The predicted molar refractivity (Wildman–Crippen MR) is 58.5 cm³/mol. The first-order valence-corrected chi connectivity index (χ1v) is 4.68. The molecule has 0 aliphatic heterocycles. The van der Waals surface area contributed by atoms with Crippen LogP contribution in [0.15, 0.2) is 24.4 Å². The molecule has 3 nitrogen and oxygen atoms in total. The van der Waals surface area contributed by atoms with Gasteiger partial charge in [-0.15, -0.1) is 0 Å². The number of hydrogen-bond donors (Lipinski definition) is 2. The van der Waals surface area contributed by atoms with Gasteiger partial charge in [0.15, 0.2) is 0 Å². The van der Waals surface area contributed by atoms with Crippen molar-refractivity contribution < 1.29 is 0 Å². The van der Waals surface area contributed by atoms with Crippen molar-refractivity contribution in [1.29, 1.82) is 0 Å². The molecule has 14 heavy (non-hydrogen) atoms. The van der Waals surface area contributed by atoms with Crippen LogP contribution >= 0.6 is 23.2 Å². The van der Waals surface area contributed by atoms with E-state index in [9.17, 15) is 0 Å². The van der Waals surface area contributed by atoms with Gasteiger partial charge in [-0.3, -0.25) is 5.10 Å². The van der Waals surface area contributed by atoms with Gasteiger partial charge in [0.2, 0.25) is 0 Å². The highest BCUT2D eigenvalue weighted by molar-refractivity contribution is 6.36. The van der Waals surface area contributed by atoms with Gasteiger partial charge < -0.3 is 5.73 Å². The molecule has 72 valence electrons. The molecule has 0 aliphatic carbocycles. The normalized spacial score (nSPS) is 10.4. The van der Waals surface area contributed by atoms with Crippen molar-refractivity contribution in [1.82, 2.24) is 10.2 Å². The highest BCUT2D eigenvalue weighted by atomic mass is 35.5. The van der Waals surface area contributed by atoms with E-state index in [0.29, 0.717) is 15.9 Å². The maximum atomic E-state index is 6.01. The lowest BCUT2D eigenvalue weighted by molar-refractivity contribution is 1.10. The van der Waals surface area contributed by atoms with Crippen molar-refractivity contribution >= 4 is 29.0 Å². The Bertz CT molecular complexity index is 465. The van der Waals surface area contributed by atoms with E-state index < -0.39 is 0 Å². The first-order valence-electron chi connectivity index (χ1n) is 3.93. The molecule has 1 heterocycles. The molecule has 0 saturated heterocycles. The molecular weight excluding hydrogens is 221 g/mol. The number of nitrogens with two attached hydrogens (primary N) is 1. The number of benzene rings is 1. The molecule has 0 unspecified atom stereocenters. The minimum absolute atomic E-state index is 0.495. The third kappa shape index (κ3) is 1.56. The van der Waals surface area contributed by atoms with Crippen LogP contribution in [-0.2, 0) is 0 Å². The molecule has 0 bridgehead atoms. The van der Waals surface area contributed by atoms with Gasteiger partial charge in [0.25, 0.3) is 0 Å². The summed E-state index contributed by atoms with van der Waals surface area (Å²) in [6.45, 7) is 0. The standard InChI is InChI=1S/C9H7Cl2N3/c10-5-1-2-6(8(11)3-5)7-4-13-14-9(7)12/h1-4H,(H3,12,13,14). The summed E-state index contributed by atoms with van der Waals surface area (Å²) in [4.78, 5) is 0. The van der Waals surface area contributed by atoms with Crippen LogP contribution in [0.3, 0.4) is 0 Å². The number of anilines is 1. The zero-order chi connectivity index (χ0) is 10.1. The minimum atomic E-state index is 0.495. The van der Waals surface area contributed by atoms with E-state index in [-0.39, 0.29) is 0 Å². The van der Waals surface area contributed by atoms with Crippen molar-refractivity contribution in [2.45, 2.75) is 0 Å². The van der Waals surface area contributed by atoms with Gasteiger partial charge in [-0.1, -0.05) is 29.3 Å². The zero-order valence-corrected chi connectivity index (χ0v) is 8.60. The lowest BCUT2D eigenvalue weighted by atomic mass is 10.1. The largest absolute Gasteiger partial charge is 0.384 e. The van der Waals surface area contributed by atoms with Crippen LogP contribution in [0.5, 0.6) is 0 Å². The summed E-state index contributed by atoms with van der Waals surface area (Å²) >= 11 is 11.8. The molecule has 3 N–H and O–H groups in total. The topological polar surface area (TPSA) is 54.7 Å². The Kier molecular flexibility index (Phi) is 2.35. The van der Waals surface area contributed by atoms with Crippen LogP contribution in [-0.4, -0.2) is 10.2 Å². The fourth-order valence-electron chi connectivity index (χ4n) is 1.22. The number of hydrogen-bond acceptors (Lipinski definition) is 2. The van der Waals surface area contributed by atoms with E-state index >= 15 is 0 Å². The van der Waals surface area contributed by atoms with Gasteiger partial charge in [-0.2, -0.15) is 5.10 Å². The lowest BCUT2D eigenvalue weighted by Gasteiger charge is -2.02. The third-order valence-corrected chi connectivity index (χ3v) is 2.44. The Morgan fingerprint density at radius 3 is 2.57 bits per heavy atom. The average molecular weight is 228 g/mol. The highest BCUT2D eigenvalue weighted by Gasteiger charge is 2.08. The molecule has 2 aromatic rings. The second-order valence-electron chi connectivity index (χ2n) is 2.82. The number of aromatic nitrogens is 2. The maximum Gasteiger partial charge on any atom is 0.126 e. The molecule has 1 aromatic carbocycles. The van der Waals surface area contributed by atoms with Gasteiger partial charge in [-0.25, -0.2) is 0 Å². The molecule has 1 aromatic heterocycles. The van der Waals surface area contributed by atoms with Gasteiger partial charge in [0.1, 0.15) is 5.82 Å². The Balaban J connectivity index is 2.58. The number of aromatic amines is 1. The molecule has 0 atom stereocenters. The second-order valence-corrected chi connectivity index (χ2v) is 3.67. The molecule has 0 saturated carbocycles. The number of rotatable bonds is 1. The Labute approximate surface area is 90.8 Å². The molecular formula is C9H7Cl2N3. The molecule has 0 amide bonds. The Morgan fingerprint density at radius 1 is 1.21 bits per heavy atom. The van der Waals surface area contributed by atoms with Crippen LogP contribution in [0.4, 0.5) is 5.82 Å². The molecule has 0 aliphatic rings. The lowest BCUT2D eigenvalue weighted by Crippen LogP contribution is -1.88. The van der Waals surface area contributed by atoms with E-state index in [1.807, 2.05) is 6.07 Å². The number of nitrogen functional groups attached to an aromatic ring is 1. The monoisotopic (exact) mass is 227 g/mol. The summed E-state index contributed by atoms with van der Waals surface area (Å²) in [6.07, 6.45) is 1.63. The Hall–Kier alpha value is -1.19. The van der Waals surface area contributed by atoms with E-state index in [2.05, 4.69) is 10.2 Å². The van der Waals surface area contributed by atoms with Crippen LogP contribution in [0, 0.1) is 0 Å². The number of H-pyrrole nitrogens is 1. The molecule has 0 spiro atoms. The van der Waals surface area contributed by atoms with E-state index in [1.54, 1.807) is 18.3 Å². The van der Waals surface area contributed by atoms with Gasteiger partial charge in [-0.05, 0) is 12.1 Å². The third-order valence-electron chi connectivity index (χ3n) is 1.89. The van der Waals surface area contributed by atoms with Crippen molar-refractivity contribution in [3.8, 4) is 11.1 Å². The van der Waals surface area contributed by atoms with Crippen molar-refractivity contribution in [2.24, 2.45) is 0 Å². The summed E-state index contributed by atoms with van der Waals surface area (Å²) in [5, 5.41) is 7.62.